The minimum Gasteiger partial charge on any atom is -0.450 e. The Morgan fingerprint density at radius 1 is 1.24 bits per heavy atom. The molecule has 0 fully saturated rings. The molecule has 1 aromatic rings. The molecule has 1 atom stereocenters. The standard InChI is InChI=1S/C19H29FN2O3/c1-6-25-18(24)22-14(11-13(2)3)12-21-17(23)19(4,5)15-9-7-8-10-16(15)20/h7-10,13-14H,6,11-12H2,1-5H3,(H,21,23)(H,22,24). The Balaban J connectivity index is 2.75. The van der Waals surface area contributed by atoms with Crippen LogP contribution >= 0.6 is 0 Å². The summed E-state index contributed by atoms with van der Waals surface area (Å²) in [6, 6.07) is 6.00. The fourth-order valence-corrected chi connectivity index (χ4v) is 2.63. The molecule has 140 valence electrons. The van der Waals surface area contributed by atoms with E-state index in [4.69, 9.17) is 4.74 Å². The number of halogens is 1. The molecule has 0 aliphatic carbocycles. The fourth-order valence-electron chi connectivity index (χ4n) is 2.63. The van der Waals surface area contributed by atoms with E-state index in [9.17, 15) is 14.0 Å². The Bertz CT molecular complexity index is 588. The number of carbonyl (C=O) groups is 2. The minimum absolute atomic E-state index is 0.251. The molecule has 6 heteroatoms. The molecule has 25 heavy (non-hydrogen) atoms. The van der Waals surface area contributed by atoms with Crippen molar-refractivity contribution in [3.8, 4) is 0 Å². The van der Waals surface area contributed by atoms with Crippen LogP contribution in [-0.4, -0.2) is 31.2 Å². The van der Waals surface area contributed by atoms with Crippen LogP contribution in [0.15, 0.2) is 24.3 Å². The normalized spacial score (nSPS) is 12.6. The zero-order valence-corrected chi connectivity index (χ0v) is 15.7. The van der Waals surface area contributed by atoms with Gasteiger partial charge in [-0.3, -0.25) is 4.79 Å². The molecule has 0 bridgehead atoms. The summed E-state index contributed by atoms with van der Waals surface area (Å²) in [7, 11) is 0. The molecule has 0 aliphatic rings. The molecule has 0 aliphatic heterocycles. The lowest BCUT2D eigenvalue weighted by Crippen LogP contribution is -2.48. The lowest BCUT2D eigenvalue weighted by Gasteiger charge is -2.27. The number of carbonyl (C=O) groups excluding carboxylic acids is 2. The number of nitrogens with one attached hydrogen (secondary N) is 2. The van der Waals surface area contributed by atoms with Gasteiger partial charge in [-0.25, -0.2) is 9.18 Å². The first-order chi connectivity index (χ1) is 11.7. The summed E-state index contributed by atoms with van der Waals surface area (Å²) < 4.78 is 18.9. The van der Waals surface area contributed by atoms with E-state index in [1.807, 2.05) is 13.8 Å². The molecule has 1 unspecified atom stereocenters. The van der Waals surface area contributed by atoms with E-state index >= 15 is 0 Å². The first kappa shape index (κ1) is 20.9. The summed E-state index contributed by atoms with van der Waals surface area (Å²) in [4.78, 5) is 24.2. The Morgan fingerprint density at radius 3 is 2.44 bits per heavy atom. The van der Waals surface area contributed by atoms with Gasteiger partial charge in [-0.05, 0) is 39.2 Å². The molecule has 0 spiro atoms. The Kier molecular flexibility index (Phi) is 7.87. The van der Waals surface area contributed by atoms with Crippen LogP contribution in [0.1, 0.15) is 46.6 Å². The lowest BCUT2D eigenvalue weighted by atomic mass is 9.83. The number of rotatable bonds is 8. The average Bonchev–Trinajstić information content (AvgIpc) is 2.52. The maximum atomic E-state index is 14.0. The van der Waals surface area contributed by atoms with Crippen LogP contribution in [-0.2, 0) is 14.9 Å². The predicted octanol–water partition coefficient (Wildman–Crippen LogP) is 3.38. The van der Waals surface area contributed by atoms with Crippen molar-refractivity contribution >= 4 is 12.0 Å². The quantitative estimate of drug-likeness (QED) is 0.754. The smallest absolute Gasteiger partial charge is 0.407 e. The summed E-state index contributed by atoms with van der Waals surface area (Å²) in [5.74, 6) is -0.369. The van der Waals surface area contributed by atoms with Crippen molar-refractivity contribution in [2.24, 2.45) is 5.92 Å². The van der Waals surface area contributed by atoms with Crippen LogP contribution < -0.4 is 10.6 Å². The second kappa shape index (κ2) is 9.39. The molecule has 2 amide bonds. The van der Waals surface area contributed by atoms with Gasteiger partial charge in [-0.2, -0.15) is 0 Å². The molecule has 1 aromatic carbocycles. The number of ether oxygens (including phenoxy) is 1. The van der Waals surface area contributed by atoms with Crippen molar-refractivity contribution in [2.75, 3.05) is 13.2 Å². The molecule has 0 radical (unpaired) electrons. The molecule has 2 N–H and O–H groups in total. The second-order valence-corrected chi connectivity index (χ2v) is 7.01. The van der Waals surface area contributed by atoms with E-state index in [-0.39, 0.29) is 25.1 Å². The third kappa shape index (κ3) is 6.36. The highest BCUT2D eigenvalue weighted by Crippen LogP contribution is 2.25. The van der Waals surface area contributed by atoms with Crippen molar-refractivity contribution in [1.82, 2.24) is 10.6 Å². The van der Waals surface area contributed by atoms with Gasteiger partial charge in [0.2, 0.25) is 5.91 Å². The van der Waals surface area contributed by atoms with Crippen LogP contribution in [0.5, 0.6) is 0 Å². The monoisotopic (exact) mass is 352 g/mol. The molecule has 0 saturated heterocycles. The van der Waals surface area contributed by atoms with E-state index in [2.05, 4.69) is 10.6 Å². The minimum atomic E-state index is -1.02. The first-order valence-electron chi connectivity index (χ1n) is 8.65. The van der Waals surface area contributed by atoms with Crippen LogP contribution in [0.4, 0.5) is 9.18 Å². The fraction of sp³-hybridized carbons (Fsp3) is 0.579. The summed E-state index contributed by atoms with van der Waals surface area (Å²) in [5.41, 5.74) is -0.677. The third-order valence-corrected chi connectivity index (χ3v) is 3.98. The summed E-state index contributed by atoms with van der Waals surface area (Å²) in [6.07, 6.45) is 0.190. The number of amides is 2. The highest BCUT2D eigenvalue weighted by Gasteiger charge is 2.32. The van der Waals surface area contributed by atoms with Gasteiger partial charge in [0.15, 0.2) is 0 Å². The Hall–Kier alpha value is -2.11. The number of hydrogen-bond acceptors (Lipinski definition) is 3. The van der Waals surface area contributed by atoms with Crippen LogP contribution in [0.2, 0.25) is 0 Å². The van der Waals surface area contributed by atoms with Crippen molar-refractivity contribution in [3.05, 3.63) is 35.6 Å². The van der Waals surface area contributed by atoms with Gasteiger partial charge in [0.25, 0.3) is 0 Å². The van der Waals surface area contributed by atoms with Gasteiger partial charge in [-0.1, -0.05) is 32.0 Å². The molecule has 5 nitrogen and oxygen atoms in total. The largest absolute Gasteiger partial charge is 0.450 e. The molecule has 0 saturated carbocycles. The first-order valence-corrected chi connectivity index (χ1v) is 8.65. The Labute approximate surface area is 149 Å². The second-order valence-electron chi connectivity index (χ2n) is 7.01. The molecule has 0 aromatic heterocycles. The van der Waals surface area contributed by atoms with Gasteiger partial charge in [0, 0.05) is 18.2 Å². The van der Waals surface area contributed by atoms with Gasteiger partial charge in [-0.15, -0.1) is 0 Å². The van der Waals surface area contributed by atoms with Gasteiger partial charge >= 0.3 is 6.09 Å². The number of alkyl carbamates (subject to hydrolysis) is 1. The van der Waals surface area contributed by atoms with Crippen molar-refractivity contribution in [2.45, 2.75) is 52.5 Å². The number of hydrogen-bond donors (Lipinski definition) is 2. The molecular formula is C19H29FN2O3. The van der Waals surface area contributed by atoms with Crippen LogP contribution in [0, 0.1) is 11.7 Å². The van der Waals surface area contributed by atoms with Crippen LogP contribution in [0.25, 0.3) is 0 Å². The topological polar surface area (TPSA) is 67.4 Å². The van der Waals surface area contributed by atoms with E-state index in [1.54, 1.807) is 39.0 Å². The summed E-state index contributed by atoms with van der Waals surface area (Å²) in [6.45, 7) is 9.69. The van der Waals surface area contributed by atoms with Crippen molar-refractivity contribution in [1.29, 1.82) is 0 Å². The SMILES string of the molecule is CCOC(=O)NC(CNC(=O)C(C)(C)c1ccccc1F)CC(C)C. The molecular weight excluding hydrogens is 323 g/mol. The molecule has 1 rings (SSSR count). The molecule has 0 heterocycles. The average molecular weight is 352 g/mol. The van der Waals surface area contributed by atoms with E-state index < -0.39 is 17.3 Å². The van der Waals surface area contributed by atoms with E-state index in [0.717, 1.165) is 0 Å². The number of benzene rings is 1. The zero-order chi connectivity index (χ0) is 19.0. The Morgan fingerprint density at radius 2 is 1.88 bits per heavy atom. The maximum Gasteiger partial charge on any atom is 0.407 e. The van der Waals surface area contributed by atoms with Gasteiger partial charge in [0.1, 0.15) is 5.82 Å². The highest BCUT2D eigenvalue weighted by molar-refractivity contribution is 5.87. The van der Waals surface area contributed by atoms with E-state index in [0.29, 0.717) is 17.9 Å². The third-order valence-electron chi connectivity index (χ3n) is 3.98. The van der Waals surface area contributed by atoms with Gasteiger partial charge in [0.05, 0.1) is 12.0 Å². The van der Waals surface area contributed by atoms with Gasteiger partial charge < -0.3 is 15.4 Å². The predicted molar refractivity (Wildman–Crippen MR) is 95.8 cm³/mol. The van der Waals surface area contributed by atoms with Crippen molar-refractivity contribution in [3.63, 3.8) is 0 Å². The van der Waals surface area contributed by atoms with E-state index in [1.165, 1.54) is 6.07 Å². The highest BCUT2D eigenvalue weighted by atomic mass is 19.1. The summed E-state index contributed by atoms with van der Waals surface area (Å²) >= 11 is 0. The van der Waals surface area contributed by atoms with Crippen molar-refractivity contribution < 1.29 is 18.7 Å². The maximum absolute atomic E-state index is 14.0. The van der Waals surface area contributed by atoms with Crippen LogP contribution in [0.3, 0.4) is 0 Å². The zero-order valence-electron chi connectivity index (χ0n) is 15.7. The summed E-state index contributed by atoms with van der Waals surface area (Å²) in [5, 5.41) is 5.58. The lowest BCUT2D eigenvalue weighted by molar-refractivity contribution is -0.125.